The second kappa shape index (κ2) is 11.2. The van der Waals surface area contributed by atoms with Crippen molar-refractivity contribution in [2.24, 2.45) is 5.73 Å². The maximum atomic E-state index is 13.2. The molecular weight excluding hydrogens is 460 g/mol. The van der Waals surface area contributed by atoms with Crippen molar-refractivity contribution in [2.75, 3.05) is 33.2 Å². The minimum Gasteiger partial charge on any atom is -0.466 e. The molecule has 0 aliphatic carbocycles. The standard InChI is InChI=1S/C27H28N4O5/c1-30(2)21(32)15-14-17-10-8-9-13-20(17)31-24(27(34)36-4)23(26(33)35-3)22(19(16-28)25(31)29)18-11-6-5-7-12-18/h5-13,22H,14-15,29H2,1-4H3. The minimum absolute atomic E-state index is 0.0224. The van der Waals surface area contributed by atoms with Gasteiger partial charge in [-0.2, -0.15) is 5.26 Å². The van der Waals surface area contributed by atoms with Gasteiger partial charge < -0.3 is 20.1 Å². The SMILES string of the molecule is COC(=O)C1=C(C(=O)OC)N(c2ccccc2CCC(=O)N(C)C)C(N)=C(C#N)C1c1ccccc1. The Kier molecular flexibility index (Phi) is 8.12. The van der Waals surface area contributed by atoms with Gasteiger partial charge in [0.15, 0.2) is 0 Å². The van der Waals surface area contributed by atoms with Crippen LogP contribution in [0.25, 0.3) is 0 Å². The summed E-state index contributed by atoms with van der Waals surface area (Å²) in [7, 11) is 5.74. The highest BCUT2D eigenvalue weighted by Crippen LogP contribution is 2.43. The fraction of sp³-hybridized carbons (Fsp3) is 0.259. The summed E-state index contributed by atoms with van der Waals surface area (Å²) >= 11 is 0. The first-order valence-corrected chi connectivity index (χ1v) is 11.2. The Morgan fingerprint density at radius 3 is 2.19 bits per heavy atom. The van der Waals surface area contributed by atoms with Gasteiger partial charge in [-0.3, -0.25) is 9.69 Å². The molecule has 0 saturated carbocycles. The maximum absolute atomic E-state index is 13.2. The molecule has 1 heterocycles. The molecule has 1 aliphatic rings. The number of rotatable bonds is 7. The van der Waals surface area contributed by atoms with Crippen LogP contribution < -0.4 is 10.6 Å². The normalized spacial score (nSPS) is 15.3. The van der Waals surface area contributed by atoms with E-state index in [1.165, 1.54) is 24.0 Å². The number of nitrogens with two attached hydrogens (primary N) is 1. The zero-order chi connectivity index (χ0) is 26.4. The van der Waals surface area contributed by atoms with E-state index in [0.29, 0.717) is 23.2 Å². The highest BCUT2D eigenvalue weighted by molar-refractivity contribution is 6.06. The maximum Gasteiger partial charge on any atom is 0.355 e. The molecule has 1 atom stereocenters. The van der Waals surface area contributed by atoms with Crippen LogP contribution in [0.15, 0.2) is 77.3 Å². The van der Waals surface area contributed by atoms with Gasteiger partial charge in [-0.25, -0.2) is 9.59 Å². The zero-order valence-corrected chi connectivity index (χ0v) is 20.6. The number of esters is 2. The van der Waals surface area contributed by atoms with E-state index in [2.05, 4.69) is 6.07 Å². The van der Waals surface area contributed by atoms with Gasteiger partial charge in [-0.15, -0.1) is 0 Å². The Hall–Kier alpha value is -4.58. The smallest absolute Gasteiger partial charge is 0.355 e. The summed E-state index contributed by atoms with van der Waals surface area (Å²) in [4.78, 5) is 41.5. The summed E-state index contributed by atoms with van der Waals surface area (Å²) in [6, 6.07) is 18.0. The lowest BCUT2D eigenvalue weighted by atomic mass is 9.80. The topological polar surface area (TPSA) is 126 Å². The monoisotopic (exact) mass is 488 g/mol. The largest absolute Gasteiger partial charge is 0.466 e. The number of carbonyl (C=O) groups is 3. The Balaban J connectivity index is 2.32. The fourth-order valence-corrected chi connectivity index (χ4v) is 4.17. The third-order valence-corrected chi connectivity index (χ3v) is 5.95. The van der Waals surface area contributed by atoms with Crippen LogP contribution in [0.2, 0.25) is 0 Å². The quantitative estimate of drug-likeness (QED) is 0.590. The lowest BCUT2D eigenvalue weighted by Crippen LogP contribution is -2.41. The van der Waals surface area contributed by atoms with Gasteiger partial charge >= 0.3 is 11.9 Å². The van der Waals surface area contributed by atoms with Crippen LogP contribution in [0.5, 0.6) is 0 Å². The predicted molar refractivity (Wildman–Crippen MR) is 133 cm³/mol. The van der Waals surface area contributed by atoms with Gasteiger partial charge in [-0.05, 0) is 23.6 Å². The Bertz CT molecular complexity index is 1270. The second-order valence-electron chi connectivity index (χ2n) is 8.25. The third kappa shape index (κ3) is 4.93. The van der Waals surface area contributed by atoms with Crippen molar-refractivity contribution in [3.05, 3.63) is 88.4 Å². The number of para-hydroxylation sites is 1. The highest BCUT2D eigenvalue weighted by atomic mass is 16.5. The van der Waals surface area contributed by atoms with E-state index in [-0.39, 0.29) is 35.0 Å². The number of aryl methyl sites for hydroxylation is 1. The molecule has 2 aromatic rings. The van der Waals surface area contributed by atoms with Gasteiger partial charge in [-0.1, -0.05) is 48.5 Å². The number of allylic oxidation sites excluding steroid dienone is 1. The van der Waals surface area contributed by atoms with E-state index < -0.39 is 17.9 Å². The van der Waals surface area contributed by atoms with Crippen molar-refractivity contribution >= 4 is 23.5 Å². The lowest BCUT2D eigenvalue weighted by molar-refractivity contribution is -0.139. The molecule has 9 heteroatoms. The number of hydrogen-bond donors (Lipinski definition) is 1. The Morgan fingerprint density at radius 2 is 1.61 bits per heavy atom. The molecule has 0 saturated heterocycles. The van der Waals surface area contributed by atoms with Crippen molar-refractivity contribution in [3.8, 4) is 6.07 Å². The highest BCUT2D eigenvalue weighted by Gasteiger charge is 2.43. The molecule has 186 valence electrons. The summed E-state index contributed by atoms with van der Waals surface area (Å²) in [6.45, 7) is 0. The molecule has 1 aliphatic heterocycles. The first kappa shape index (κ1) is 26.0. The average molecular weight is 489 g/mol. The van der Waals surface area contributed by atoms with Crippen molar-refractivity contribution in [1.29, 1.82) is 5.26 Å². The van der Waals surface area contributed by atoms with E-state index in [4.69, 9.17) is 15.2 Å². The van der Waals surface area contributed by atoms with E-state index in [1.807, 2.05) is 0 Å². The molecule has 3 rings (SSSR count). The molecule has 0 fully saturated rings. The molecule has 1 unspecified atom stereocenters. The molecule has 0 aromatic heterocycles. The number of methoxy groups -OCH3 is 2. The molecule has 2 aromatic carbocycles. The van der Waals surface area contributed by atoms with Gasteiger partial charge in [0.05, 0.1) is 43.0 Å². The van der Waals surface area contributed by atoms with E-state index in [9.17, 15) is 19.6 Å². The second-order valence-corrected chi connectivity index (χ2v) is 8.25. The van der Waals surface area contributed by atoms with Gasteiger partial charge in [0.1, 0.15) is 11.5 Å². The number of nitriles is 1. The Labute approximate surface area is 210 Å². The summed E-state index contributed by atoms with van der Waals surface area (Å²) in [6.07, 6.45) is 0.545. The molecule has 2 N–H and O–H groups in total. The summed E-state index contributed by atoms with van der Waals surface area (Å²) in [5.41, 5.74) is 8.15. The molecule has 1 amide bonds. The van der Waals surface area contributed by atoms with Gasteiger partial charge in [0.25, 0.3) is 0 Å². The van der Waals surface area contributed by atoms with Crippen molar-refractivity contribution in [3.63, 3.8) is 0 Å². The average Bonchev–Trinajstić information content (AvgIpc) is 2.90. The summed E-state index contributed by atoms with van der Waals surface area (Å²) in [5, 5.41) is 10.2. The number of nitrogens with zero attached hydrogens (tertiary/aromatic N) is 3. The van der Waals surface area contributed by atoms with Crippen LogP contribution in [-0.4, -0.2) is 51.1 Å². The first-order valence-electron chi connectivity index (χ1n) is 11.2. The van der Waals surface area contributed by atoms with Crippen LogP contribution in [0.4, 0.5) is 5.69 Å². The van der Waals surface area contributed by atoms with Crippen LogP contribution >= 0.6 is 0 Å². The molecular formula is C27H28N4O5. The minimum atomic E-state index is -0.948. The van der Waals surface area contributed by atoms with Crippen molar-refractivity contribution in [2.45, 2.75) is 18.8 Å². The number of amides is 1. The van der Waals surface area contributed by atoms with Crippen LogP contribution in [-0.2, 0) is 30.3 Å². The van der Waals surface area contributed by atoms with E-state index in [0.717, 1.165) is 0 Å². The number of carbonyl (C=O) groups excluding carboxylic acids is 3. The molecule has 36 heavy (non-hydrogen) atoms. The predicted octanol–water partition coefficient (Wildman–Crippen LogP) is 2.61. The zero-order valence-electron chi connectivity index (χ0n) is 20.6. The van der Waals surface area contributed by atoms with Crippen LogP contribution in [0, 0.1) is 11.3 Å². The van der Waals surface area contributed by atoms with Crippen LogP contribution in [0.3, 0.4) is 0 Å². The third-order valence-electron chi connectivity index (χ3n) is 5.95. The number of ether oxygens (including phenoxy) is 2. The molecule has 0 radical (unpaired) electrons. The number of anilines is 1. The summed E-state index contributed by atoms with van der Waals surface area (Å²) < 4.78 is 10.1. The van der Waals surface area contributed by atoms with E-state index in [1.54, 1.807) is 68.7 Å². The lowest BCUT2D eigenvalue weighted by Gasteiger charge is -2.36. The molecule has 0 spiro atoms. The first-order chi connectivity index (χ1) is 17.3. The number of benzene rings is 2. The van der Waals surface area contributed by atoms with Crippen LogP contribution in [0.1, 0.15) is 23.5 Å². The van der Waals surface area contributed by atoms with Crippen molar-refractivity contribution < 1.29 is 23.9 Å². The summed E-state index contributed by atoms with van der Waals surface area (Å²) in [5.74, 6) is -2.67. The Morgan fingerprint density at radius 1 is 1.00 bits per heavy atom. The number of hydrogen-bond acceptors (Lipinski definition) is 8. The van der Waals surface area contributed by atoms with Crippen molar-refractivity contribution in [1.82, 2.24) is 4.90 Å². The van der Waals surface area contributed by atoms with Gasteiger partial charge in [0.2, 0.25) is 5.91 Å². The molecule has 9 nitrogen and oxygen atoms in total. The van der Waals surface area contributed by atoms with E-state index >= 15 is 0 Å². The van der Waals surface area contributed by atoms with Gasteiger partial charge in [0, 0.05) is 20.5 Å². The fourth-order valence-electron chi connectivity index (χ4n) is 4.17. The molecule has 0 bridgehead atoms.